The van der Waals surface area contributed by atoms with Crippen LogP contribution >= 0.6 is 0 Å². The van der Waals surface area contributed by atoms with Crippen molar-refractivity contribution in [1.82, 2.24) is 5.32 Å². The highest BCUT2D eigenvalue weighted by atomic mass is 16.5. The second kappa shape index (κ2) is 11.7. The van der Waals surface area contributed by atoms with Crippen LogP contribution in [0.4, 0.5) is 0 Å². The molecule has 0 aromatic heterocycles. The molecule has 4 heteroatoms. The predicted molar refractivity (Wildman–Crippen MR) is 88.4 cm³/mol. The third kappa shape index (κ3) is 13.8. The Labute approximate surface area is 131 Å². The zero-order chi connectivity index (χ0) is 17.1. The van der Waals surface area contributed by atoms with E-state index in [9.17, 15) is 9.59 Å². The van der Waals surface area contributed by atoms with Gasteiger partial charge in [0.25, 0.3) is 0 Å². The second-order valence-corrected chi connectivity index (χ2v) is 6.41. The first-order valence-electron chi connectivity index (χ1n) is 8.01. The summed E-state index contributed by atoms with van der Waals surface area (Å²) in [6.07, 6.45) is 2.28. The summed E-state index contributed by atoms with van der Waals surface area (Å²) in [5.74, 6) is 0.444. The Kier molecular flexibility index (Phi) is 12.5. The van der Waals surface area contributed by atoms with Crippen LogP contribution in [0.15, 0.2) is 0 Å². The van der Waals surface area contributed by atoms with E-state index in [4.69, 9.17) is 4.74 Å². The number of carbonyl (C=O) groups is 2. The maximum absolute atomic E-state index is 11.5. The van der Waals surface area contributed by atoms with Crippen molar-refractivity contribution in [3.63, 3.8) is 0 Å². The summed E-state index contributed by atoms with van der Waals surface area (Å²) in [4.78, 5) is 22.0. The fourth-order valence-electron chi connectivity index (χ4n) is 1.59. The van der Waals surface area contributed by atoms with Crippen LogP contribution < -0.4 is 5.32 Å². The third-order valence-electron chi connectivity index (χ3n) is 3.02. The Morgan fingerprint density at radius 2 is 1.57 bits per heavy atom. The van der Waals surface area contributed by atoms with E-state index < -0.39 is 0 Å². The van der Waals surface area contributed by atoms with Crippen molar-refractivity contribution in [2.75, 3.05) is 6.61 Å². The molecule has 0 atom stereocenters. The highest BCUT2D eigenvalue weighted by molar-refractivity contribution is 5.83. The first-order chi connectivity index (χ1) is 9.56. The summed E-state index contributed by atoms with van der Waals surface area (Å²) >= 11 is 0. The monoisotopic (exact) mass is 301 g/mol. The maximum atomic E-state index is 11.5. The molecule has 1 N–H and O–H groups in total. The number of carbonyl (C=O) groups excluding carboxylic acids is 2. The fraction of sp³-hybridized carbons (Fsp3) is 0.882. The molecule has 0 bridgehead atoms. The van der Waals surface area contributed by atoms with Crippen LogP contribution in [-0.2, 0) is 14.3 Å². The molecule has 0 aliphatic heterocycles. The third-order valence-corrected chi connectivity index (χ3v) is 3.02. The molecule has 0 aromatic rings. The van der Waals surface area contributed by atoms with E-state index in [0.29, 0.717) is 25.2 Å². The summed E-state index contributed by atoms with van der Waals surface area (Å²) in [6.45, 7) is 16.3. The first kappa shape index (κ1) is 22.4. The largest absolute Gasteiger partial charge is 0.379 e. The number of nitrogens with one attached hydrogen (secondary N) is 1. The van der Waals surface area contributed by atoms with Crippen LogP contribution in [0.5, 0.6) is 0 Å². The lowest BCUT2D eigenvalue weighted by Gasteiger charge is -2.22. The van der Waals surface area contributed by atoms with Gasteiger partial charge < -0.3 is 10.1 Å². The molecule has 0 rings (SSSR count). The molecule has 0 unspecified atom stereocenters. The average molecular weight is 301 g/mol. The fourth-order valence-corrected chi connectivity index (χ4v) is 1.59. The summed E-state index contributed by atoms with van der Waals surface area (Å²) in [7, 11) is 0. The van der Waals surface area contributed by atoms with Gasteiger partial charge in [-0.1, -0.05) is 27.7 Å². The quantitative estimate of drug-likeness (QED) is 0.743. The molecular formula is C17H35NO3. The van der Waals surface area contributed by atoms with Gasteiger partial charge in [0.15, 0.2) is 0 Å². The van der Waals surface area contributed by atoms with E-state index in [1.165, 1.54) is 0 Å². The summed E-state index contributed by atoms with van der Waals surface area (Å²) in [5.41, 5.74) is -0.219. The van der Waals surface area contributed by atoms with E-state index in [0.717, 1.165) is 6.42 Å². The maximum Gasteiger partial charge on any atom is 0.219 e. The number of rotatable bonds is 8. The SMILES string of the molecule is CCC(=O)C(C)(C)CCOC(C)C.CCC(=O)NC(C)C. The summed E-state index contributed by atoms with van der Waals surface area (Å²) < 4.78 is 5.42. The van der Waals surface area contributed by atoms with Crippen molar-refractivity contribution >= 4 is 11.7 Å². The molecule has 0 fully saturated rings. The van der Waals surface area contributed by atoms with Crippen molar-refractivity contribution in [2.24, 2.45) is 5.41 Å². The Morgan fingerprint density at radius 1 is 1.05 bits per heavy atom. The van der Waals surface area contributed by atoms with Crippen molar-refractivity contribution < 1.29 is 14.3 Å². The first-order valence-corrected chi connectivity index (χ1v) is 8.01. The van der Waals surface area contributed by atoms with Crippen LogP contribution in [0.3, 0.4) is 0 Å². The molecule has 21 heavy (non-hydrogen) atoms. The van der Waals surface area contributed by atoms with Crippen LogP contribution in [0, 0.1) is 5.41 Å². The molecule has 0 aliphatic rings. The van der Waals surface area contributed by atoms with E-state index in [2.05, 4.69) is 5.32 Å². The predicted octanol–water partition coefficient (Wildman–Crippen LogP) is 3.73. The van der Waals surface area contributed by atoms with Crippen molar-refractivity contribution in [3.05, 3.63) is 0 Å². The Hall–Kier alpha value is -0.900. The number of hydrogen-bond acceptors (Lipinski definition) is 3. The lowest BCUT2D eigenvalue weighted by atomic mass is 9.84. The average Bonchev–Trinajstić information content (AvgIpc) is 2.36. The molecule has 0 radical (unpaired) electrons. The zero-order valence-corrected chi connectivity index (χ0v) is 15.2. The van der Waals surface area contributed by atoms with Gasteiger partial charge in [-0.05, 0) is 34.1 Å². The highest BCUT2D eigenvalue weighted by Gasteiger charge is 2.25. The highest BCUT2D eigenvalue weighted by Crippen LogP contribution is 2.23. The molecule has 1 amide bonds. The van der Waals surface area contributed by atoms with Gasteiger partial charge in [0, 0.05) is 30.9 Å². The minimum absolute atomic E-state index is 0.125. The van der Waals surface area contributed by atoms with Crippen molar-refractivity contribution in [3.8, 4) is 0 Å². The summed E-state index contributed by atoms with van der Waals surface area (Å²) in [5, 5.41) is 2.75. The topological polar surface area (TPSA) is 55.4 Å². The van der Waals surface area contributed by atoms with Gasteiger partial charge in [0.2, 0.25) is 5.91 Å². The Bertz CT molecular complexity index is 296. The minimum atomic E-state index is -0.219. The minimum Gasteiger partial charge on any atom is -0.379 e. The second-order valence-electron chi connectivity index (χ2n) is 6.41. The number of hydrogen-bond donors (Lipinski definition) is 1. The van der Waals surface area contributed by atoms with Gasteiger partial charge in [-0.25, -0.2) is 0 Å². The van der Waals surface area contributed by atoms with Gasteiger partial charge in [-0.3, -0.25) is 9.59 Å². The van der Waals surface area contributed by atoms with Gasteiger partial charge in [-0.2, -0.15) is 0 Å². The number of ketones is 1. The van der Waals surface area contributed by atoms with Crippen molar-refractivity contribution in [2.45, 2.75) is 86.8 Å². The Morgan fingerprint density at radius 3 is 1.86 bits per heavy atom. The molecule has 4 nitrogen and oxygen atoms in total. The number of ether oxygens (including phenoxy) is 1. The Balaban J connectivity index is 0. The van der Waals surface area contributed by atoms with E-state index in [-0.39, 0.29) is 23.5 Å². The van der Waals surface area contributed by atoms with Crippen LogP contribution in [0.25, 0.3) is 0 Å². The van der Waals surface area contributed by atoms with E-state index >= 15 is 0 Å². The van der Waals surface area contributed by atoms with Gasteiger partial charge >= 0.3 is 0 Å². The van der Waals surface area contributed by atoms with Crippen molar-refractivity contribution in [1.29, 1.82) is 0 Å². The lowest BCUT2D eigenvalue weighted by Crippen LogP contribution is -2.29. The van der Waals surface area contributed by atoms with E-state index in [1.807, 2.05) is 55.4 Å². The zero-order valence-electron chi connectivity index (χ0n) is 15.2. The molecule has 0 spiro atoms. The number of amides is 1. The standard InChI is InChI=1S/C11H22O2.C6H13NO/c1-6-10(12)11(4,5)7-8-13-9(2)3;1-4-6(8)7-5(2)3/h9H,6-8H2,1-5H3;5H,4H2,1-3H3,(H,7,8). The molecule has 0 heterocycles. The molecular weight excluding hydrogens is 266 g/mol. The molecule has 0 aliphatic carbocycles. The van der Waals surface area contributed by atoms with E-state index in [1.54, 1.807) is 0 Å². The lowest BCUT2D eigenvalue weighted by molar-refractivity contribution is -0.128. The molecule has 126 valence electrons. The smallest absolute Gasteiger partial charge is 0.219 e. The molecule has 0 saturated heterocycles. The normalized spacial score (nSPS) is 11.1. The van der Waals surface area contributed by atoms with Crippen LogP contribution in [0.2, 0.25) is 0 Å². The summed E-state index contributed by atoms with van der Waals surface area (Å²) in [6, 6.07) is 0.280. The van der Waals surface area contributed by atoms with Gasteiger partial charge in [-0.15, -0.1) is 0 Å². The van der Waals surface area contributed by atoms with Gasteiger partial charge in [0.1, 0.15) is 5.78 Å². The van der Waals surface area contributed by atoms with Gasteiger partial charge in [0.05, 0.1) is 6.10 Å². The molecule has 0 saturated carbocycles. The van der Waals surface area contributed by atoms with Crippen LogP contribution in [-0.4, -0.2) is 30.4 Å². The van der Waals surface area contributed by atoms with Crippen LogP contribution in [0.1, 0.15) is 74.7 Å². The molecule has 0 aromatic carbocycles. The number of Topliss-reactive ketones (excluding diaryl/α,β-unsaturated/α-hetero) is 1.